The zero-order valence-corrected chi connectivity index (χ0v) is 12.5. The molecule has 92 valence electrons. The molecule has 1 saturated heterocycles. The summed E-state index contributed by atoms with van der Waals surface area (Å²) >= 11 is 3.44. The van der Waals surface area contributed by atoms with Gasteiger partial charge in [0.25, 0.3) is 0 Å². The Morgan fingerprint density at radius 1 is 1.18 bits per heavy atom. The van der Waals surface area contributed by atoms with E-state index in [0.717, 1.165) is 15.6 Å². The Morgan fingerprint density at radius 2 is 1.71 bits per heavy atom. The van der Waals surface area contributed by atoms with Crippen molar-refractivity contribution < 1.29 is 9.31 Å². The Kier molecular flexibility index (Phi) is 3.13. The lowest BCUT2D eigenvalue weighted by molar-refractivity contribution is 0.00578. The standard InChI is InChI=1S/C12H17BBrNO2/c1-8-6-9(10(14)15-7-8)13-16-11(2,3)12(4,5)17-13/h6-7H,1-5H3. The van der Waals surface area contributed by atoms with Crippen molar-refractivity contribution in [3.8, 4) is 0 Å². The fraction of sp³-hybridized carbons (Fsp3) is 0.583. The first kappa shape index (κ1) is 13.1. The van der Waals surface area contributed by atoms with Crippen molar-refractivity contribution >= 4 is 28.5 Å². The van der Waals surface area contributed by atoms with Gasteiger partial charge in [-0.1, -0.05) is 6.07 Å². The highest BCUT2D eigenvalue weighted by molar-refractivity contribution is 9.10. The highest BCUT2D eigenvalue weighted by Crippen LogP contribution is 2.36. The molecular weight excluding hydrogens is 281 g/mol. The van der Waals surface area contributed by atoms with Crippen LogP contribution in [0.4, 0.5) is 0 Å². The lowest BCUT2D eigenvalue weighted by atomic mass is 9.80. The normalized spacial score (nSPS) is 21.9. The Morgan fingerprint density at radius 3 is 2.24 bits per heavy atom. The molecule has 5 heteroatoms. The minimum Gasteiger partial charge on any atom is -0.399 e. The maximum atomic E-state index is 5.99. The van der Waals surface area contributed by atoms with E-state index in [1.165, 1.54) is 0 Å². The highest BCUT2D eigenvalue weighted by Gasteiger charge is 2.52. The maximum absolute atomic E-state index is 5.99. The Balaban J connectivity index is 2.35. The number of hydrogen-bond acceptors (Lipinski definition) is 3. The monoisotopic (exact) mass is 297 g/mol. The summed E-state index contributed by atoms with van der Waals surface area (Å²) in [4.78, 5) is 4.28. The number of nitrogens with zero attached hydrogens (tertiary/aromatic N) is 1. The third-order valence-electron chi connectivity index (χ3n) is 3.51. The minimum absolute atomic E-state index is 0.319. The van der Waals surface area contributed by atoms with Gasteiger partial charge in [0.2, 0.25) is 0 Å². The molecule has 1 aliphatic heterocycles. The molecule has 2 rings (SSSR count). The van der Waals surface area contributed by atoms with Crippen molar-refractivity contribution in [3.63, 3.8) is 0 Å². The number of pyridine rings is 1. The van der Waals surface area contributed by atoms with Crippen LogP contribution in [0, 0.1) is 6.92 Å². The fourth-order valence-electron chi connectivity index (χ4n) is 1.71. The molecule has 0 aromatic carbocycles. The molecule has 1 aromatic rings. The predicted molar refractivity (Wildman–Crippen MR) is 72.4 cm³/mol. The number of hydrogen-bond donors (Lipinski definition) is 0. The highest BCUT2D eigenvalue weighted by atomic mass is 79.9. The van der Waals surface area contributed by atoms with Crippen LogP contribution in [0.1, 0.15) is 33.3 Å². The van der Waals surface area contributed by atoms with Crippen LogP contribution in [0.5, 0.6) is 0 Å². The molecule has 1 aromatic heterocycles. The minimum atomic E-state index is -0.359. The summed E-state index contributed by atoms with van der Waals surface area (Å²) in [5.41, 5.74) is 1.41. The van der Waals surface area contributed by atoms with Crippen molar-refractivity contribution in [1.82, 2.24) is 4.98 Å². The molecule has 0 atom stereocenters. The van der Waals surface area contributed by atoms with Crippen LogP contribution in [0.25, 0.3) is 0 Å². The SMILES string of the molecule is Cc1cnc(Br)c(B2OC(C)(C)C(C)(C)O2)c1. The van der Waals surface area contributed by atoms with Gasteiger partial charge in [-0.05, 0) is 56.1 Å². The van der Waals surface area contributed by atoms with Crippen molar-refractivity contribution in [2.24, 2.45) is 0 Å². The molecule has 0 aliphatic carbocycles. The van der Waals surface area contributed by atoms with E-state index in [9.17, 15) is 0 Å². The first-order valence-corrected chi connectivity index (χ1v) is 6.50. The lowest BCUT2D eigenvalue weighted by Gasteiger charge is -2.32. The summed E-state index contributed by atoms with van der Waals surface area (Å²) in [7, 11) is -0.359. The molecule has 17 heavy (non-hydrogen) atoms. The predicted octanol–water partition coefficient (Wildman–Crippen LogP) is 2.45. The van der Waals surface area contributed by atoms with Crippen LogP contribution in [0.15, 0.2) is 16.9 Å². The van der Waals surface area contributed by atoms with Crippen molar-refractivity contribution in [3.05, 3.63) is 22.4 Å². The van der Waals surface area contributed by atoms with Crippen LogP contribution in [0.3, 0.4) is 0 Å². The number of aromatic nitrogens is 1. The fourth-order valence-corrected chi connectivity index (χ4v) is 2.11. The van der Waals surface area contributed by atoms with Crippen LogP contribution < -0.4 is 5.46 Å². The zero-order valence-electron chi connectivity index (χ0n) is 10.9. The van der Waals surface area contributed by atoms with Gasteiger partial charge < -0.3 is 9.31 Å². The van der Waals surface area contributed by atoms with Gasteiger partial charge in [0.15, 0.2) is 0 Å². The van der Waals surface area contributed by atoms with Gasteiger partial charge >= 0.3 is 7.12 Å². The quantitative estimate of drug-likeness (QED) is 0.589. The van der Waals surface area contributed by atoms with Gasteiger partial charge in [-0.2, -0.15) is 0 Å². The topological polar surface area (TPSA) is 31.4 Å². The third kappa shape index (κ3) is 2.28. The van der Waals surface area contributed by atoms with E-state index in [1.54, 1.807) is 0 Å². The van der Waals surface area contributed by atoms with Gasteiger partial charge in [0, 0.05) is 11.7 Å². The average molecular weight is 298 g/mol. The van der Waals surface area contributed by atoms with Gasteiger partial charge in [-0.15, -0.1) is 0 Å². The molecule has 0 saturated carbocycles. The van der Waals surface area contributed by atoms with E-state index in [-0.39, 0.29) is 18.3 Å². The van der Waals surface area contributed by atoms with E-state index in [4.69, 9.17) is 9.31 Å². The molecular formula is C12H17BBrNO2. The summed E-state index contributed by atoms with van der Waals surface area (Å²) in [6, 6.07) is 2.04. The van der Waals surface area contributed by atoms with Crippen LogP contribution in [0.2, 0.25) is 0 Å². The zero-order chi connectivity index (χ0) is 12.8. The largest absolute Gasteiger partial charge is 0.497 e. The van der Waals surface area contributed by atoms with Crippen molar-refractivity contribution in [2.75, 3.05) is 0 Å². The van der Waals surface area contributed by atoms with Gasteiger partial charge in [0.1, 0.15) is 4.60 Å². The molecule has 1 fully saturated rings. The molecule has 1 aliphatic rings. The second kappa shape index (κ2) is 4.07. The molecule has 2 heterocycles. The molecule has 0 spiro atoms. The first-order valence-electron chi connectivity index (χ1n) is 5.71. The van der Waals surface area contributed by atoms with E-state index in [1.807, 2.05) is 46.9 Å². The van der Waals surface area contributed by atoms with E-state index in [2.05, 4.69) is 20.9 Å². The summed E-state index contributed by atoms with van der Waals surface area (Å²) in [5, 5.41) is 0. The molecule has 0 bridgehead atoms. The Hall–Kier alpha value is -0.385. The van der Waals surface area contributed by atoms with Crippen LogP contribution in [-0.2, 0) is 9.31 Å². The van der Waals surface area contributed by atoms with E-state index < -0.39 is 0 Å². The van der Waals surface area contributed by atoms with Gasteiger partial charge in [0.05, 0.1) is 11.2 Å². The first-order chi connectivity index (χ1) is 7.73. The average Bonchev–Trinajstić information content (AvgIpc) is 2.40. The molecule has 0 unspecified atom stereocenters. The second-order valence-corrected chi connectivity index (χ2v) is 6.23. The molecule has 3 nitrogen and oxygen atoms in total. The van der Waals surface area contributed by atoms with Crippen molar-refractivity contribution in [2.45, 2.75) is 45.8 Å². The Labute approximate surface area is 111 Å². The summed E-state index contributed by atoms with van der Waals surface area (Å²) in [5.74, 6) is 0. The van der Waals surface area contributed by atoms with Gasteiger partial charge in [-0.25, -0.2) is 4.98 Å². The Bertz CT molecular complexity index is 432. The number of rotatable bonds is 1. The van der Waals surface area contributed by atoms with Crippen LogP contribution in [-0.4, -0.2) is 23.3 Å². The number of halogens is 1. The van der Waals surface area contributed by atoms with Crippen LogP contribution >= 0.6 is 15.9 Å². The van der Waals surface area contributed by atoms with Gasteiger partial charge in [-0.3, -0.25) is 0 Å². The maximum Gasteiger partial charge on any atom is 0.497 e. The third-order valence-corrected chi connectivity index (χ3v) is 4.17. The van der Waals surface area contributed by atoms with E-state index >= 15 is 0 Å². The summed E-state index contributed by atoms with van der Waals surface area (Å²) < 4.78 is 12.8. The summed E-state index contributed by atoms with van der Waals surface area (Å²) in [6.07, 6.45) is 1.82. The number of aryl methyl sites for hydroxylation is 1. The molecule has 0 N–H and O–H groups in total. The van der Waals surface area contributed by atoms with Crippen molar-refractivity contribution in [1.29, 1.82) is 0 Å². The second-order valence-electron chi connectivity index (χ2n) is 5.48. The molecule has 0 radical (unpaired) electrons. The smallest absolute Gasteiger partial charge is 0.399 e. The molecule has 0 amide bonds. The van der Waals surface area contributed by atoms with E-state index in [0.29, 0.717) is 0 Å². The lowest BCUT2D eigenvalue weighted by Crippen LogP contribution is -2.41. The summed E-state index contributed by atoms with van der Waals surface area (Å²) in [6.45, 7) is 10.2.